The number of carbonyl (C=O) groups excluding carboxylic acids is 1. The van der Waals surface area contributed by atoms with E-state index in [9.17, 15) is 4.79 Å². The van der Waals surface area contributed by atoms with Crippen LogP contribution in [-0.4, -0.2) is 54.5 Å². The number of halogens is 1. The Balaban J connectivity index is 0.00000338. The first-order valence-corrected chi connectivity index (χ1v) is 9.66. The molecule has 0 spiro atoms. The number of rotatable bonds is 6. The fourth-order valence-corrected chi connectivity index (χ4v) is 3.60. The van der Waals surface area contributed by atoms with Crippen LogP contribution in [0.2, 0.25) is 0 Å². The number of carbonyl (C=O) groups is 1. The molecule has 2 rings (SSSR count). The van der Waals surface area contributed by atoms with Gasteiger partial charge in [0.05, 0.1) is 13.2 Å². The van der Waals surface area contributed by atoms with Crippen LogP contribution in [0.4, 0.5) is 4.79 Å². The van der Waals surface area contributed by atoms with Crippen LogP contribution in [0.15, 0.2) is 40.2 Å². The molecule has 1 aliphatic heterocycles. The summed E-state index contributed by atoms with van der Waals surface area (Å²) >= 11 is 1.79. The predicted molar refractivity (Wildman–Crippen MR) is 118 cm³/mol. The van der Waals surface area contributed by atoms with Gasteiger partial charge in [-0.15, -0.1) is 35.7 Å². The third-order valence-electron chi connectivity index (χ3n) is 3.97. The molecule has 0 radical (unpaired) electrons. The van der Waals surface area contributed by atoms with Gasteiger partial charge in [0.25, 0.3) is 0 Å². The zero-order valence-corrected chi connectivity index (χ0v) is 18.5. The van der Waals surface area contributed by atoms with Gasteiger partial charge in [0.1, 0.15) is 0 Å². The molecule has 26 heavy (non-hydrogen) atoms. The van der Waals surface area contributed by atoms with Gasteiger partial charge < -0.3 is 20.7 Å². The second-order valence-electron chi connectivity index (χ2n) is 6.07. The zero-order valence-electron chi connectivity index (χ0n) is 15.4. The van der Waals surface area contributed by atoms with Gasteiger partial charge in [-0.05, 0) is 31.9 Å². The molecular weight excluding hydrogens is 463 g/mol. The fourth-order valence-electron chi connectivity index (χ4n) is 2.67. The number of nitrogens with zero attached hydrogens (tertiary/aromatic N) is 2. The summed E-state index contributed by atoms with van der Waals surface area (Å²) in [4.78, 5) is 19.1. The first kappa shape index (κ1) is 22.9. The van der Waals surface area contributed by atoms with Crippen molar-refractivity contribution in [3.63, 3.8) is 0 Å². The Morgan fingerprint density at radius 1 is 1.38 bits per heavy atom. The van der Waals surface area contributed by atoms with Crippen LogP contribution in [0.5, 0.6) is 0 Å². The molecule has 8 heteroatoms. The molecule has 1 aliphatic rings. The molecule has 0 aromatic heterocycles. The standard InChI is InChI=1S/C18H28N4O2S.HI/c1-3-24-18(23)22-11-9-15(10-12-22)21-17(19)20-13-14(2)25-16-7-5-4-6-8-16;/h4-8,14-15H,3,9-13H2,1-2H3,(H3,19,20,21);1H. The third-order valence-corrected chi connectivity index (χ3v) is 5.07. The van der Waals surface area contributed by atoms with Crippen LogP contribution in [-0.2, 0) is 4.74 Å². The highest BCUT2D eigenvalue weighted by molar-refractivity contribution is 14.0. The number of nitrogens with two attached hydrogens (primary N) is 1. The summed E-state index contributed by atoms with van der Waals surface area (Å²) < 4.78 is 5.03. The zero-order chi connectivity index (χ0) is 18.1. The van der Waals surface area contributed by atoms with Crippen LogP contribution in [0.25, 0.3) is 0 Å². The van der Waals surface area contributed by atoms with Crippen molar-refractivity contribution in [2.75, 3.05) is 26.2 Å². The van der Waals surface area contributed by atoms with Crippen molar-refractivity contribution in [3.05, 3.63) is 30.3 Å². The summed E-state index contributed by atoms with van der Waals surface area (Å²) in [6, 6.07) is 10.6. The van der Waals surface area contributed by atoms with Crippen molar-refractivity contribution in [2.45, 2.75) is 42.9 Å². The lowest BCUT2D eigenvalue weighted by molar-refractivity contribution is 0.0963. The summed E-state index contributed by atoms with van der Waals surface area (Å²) in [5.74, 6) is 0.482. The van der Waals surface area contributed by atoms with Gasteiger partial charge in [-0.25, -0.2) is 4.79 Å². The molecule has 1 amide bonds. The highest BCUT2D eigenvalue weighted by atomic mass is 127. The predicted octanol–water partition coefficient (Wildman–Crippen LogP) is 3.31. The number of benzene rings is 1. The highest BCUT2D eigenvalue weighted by Crippen LogP contribution is 2.22. The van der Waals surface area contributed by atoms with Gasteiger partial charge in [0, 0.05) is 29.3 Å². The second-order valence-corrected chi connectivity index (χ2v) is 7.58. The molecule has 146 valence electrons. The number of guanidine groups is 1. The molecular formula is C18H29IN4O2S. The van der Waals surface area contributed by atoms with E-state index in [2.05, 4.69) is 29.4 Å². The number of hydrogen-bond acceptors (Lipinski definition) is 4. The number of thioether (sulfide) groups is 1. The van der Waals surface area contributed by atoms with Gasteiger partial charge in [-0.3, -0.25) is 4.99 Å². The SMILES string of the molecule is CCOC(=O)N1CCC(NC(N)=NCC(C)Sc2ccccc2)CC1.I. The molecule has 1 fully saturated rings. The van der Waals surface area contributed by atoms with Crippen LogP contribution >= 0.6 is 35.7 Å². The molecule has 1 saturated heterocycles. The maximum Gasteiger partial charge on any atom is 0.409 e. The van der Waals surface area contributed by atoms with Crippen molar-refractivity contribution in [2.24, 2.45) is 10.7 Å². The van der Waals surface area contributed by atoms with E-state index < -0.39 is 0 Å². The van der Waals surface area contributed by atoms with Crippen molar-refractivity contribution in [1.82, 2.24) is 10.2 Å². The molecule has 6 nitrogen and oxygen atoms in total. The molecule has 3 N–H and O–H groups in total. The largest absolute Gasteiger partial charge is 0.450 e. The van der Waals surface area contributed by atoms with Gasteiger partial charge in [0.15, 0.2) is 5.96 Å². The van der Waals surface area contributed by atoms with Crippen molar-refractivity contribution in [1.29, 1.82) is 0 Å². The lowest BCUT2D eigenvalue weighted by Gasteiger charge is -2.31. The van der Waals surface area contributed by atoms with E-state index in [0.29, 0.717) is 37.5 Å². The Labute approximate surface area is 177 Å². The molecule has 1 aromatic rings. The van der Waals surface area contributed by atoms with E-state index in [1.54, 1.807) is 16.7 Å². The van der Waals surface area contributed by atoms with E-state index in [1.807, 2.05) is 25.1 Å². The van der Waals surface area contributed by atoms with Gasteiger partial charge >= 0.3 is 6.09 Å². The highest BCUT2D eigenvalue weighted by Gasteiger charge is 2.23. The van der Waals surface area contributed by atoms with Gasteiger partial charge in [0.2, 0.25) is 0 Å². The monoisotopic (exact) mass is 492 g/mol. The number of aliphatic imine (C=N–C) groups is 1. The number of ether oxygens (including phenoxy) is 1. The first-order chi connectivity index (χ1) is 12.1. The summed E-state index contributed by atoms with van der Waals surface area (Å²) in [7, 11) is 0. The lowest BCUT2D eigenvalue weighted by atomic mass is 10.1. The summed E-state index contributed by atoms with van der Waals surface area (Å²) in [5.41, 5.74) is 6.01. The lowest BCUT2D eigenvalue weighted by Crippen LogP contribution is -2.48. The summed E-state index contributed by atoms with van der Waals surface area (Å²) in [6.45, 7) is 6.41. The Kier molecular flexibility index (Phi) is 10.8. The van der Waals surface area contributed by atoms with E-state index in [1.165, 1.54) is 4.90 Å². The van der Waals surface area contributed by atoms with E-state index >= 15 is 0 Å². The molecule has 1 aromatic carbocycles. The van der Waals surface area contributed by atoms with E-state index in [0.717, 1.165) is 12.8 Å². The van der Waals surface area contributed by atoms with E-state index in [4.69, 9.17) is 10.5 Å². The smallest absolute Gasteiger partial charge is 0.409 e. The topological polar surface area (TPSA) is 80.0 Å². The summed E-state index contributed by atoms with van der Waals surface area (Å²) in [5, 5.41) is 3.62. The van der Waals surface area contributed by atoms with Gasteiger partial charge in [-0.2, -0.15) is 0 Å². The Morgan fingerprint density at radius 3 is 2.65 bits per heavy atom. The van der Waals surface area contributed by atoms with Crippen LogP contribution in [0.3, 0.4) is 0 Å². The second kappa shape index (κ2) is 12.3. The minimum atomic E-state index is -0.227. The average Bonchev–Trinajstić information content (AvgIpc) is 2.62. The number of hydrogen-bond donors (Lipinski definition) is 2. The van der Waals surface area contributed by atoms with Gasteiger partial charge in [-0.1, -0.05) is 25.1 Å². The minimum absolute atomic E-state index is 0. The quantitative estimate of drug-likeness (QED) is 0.276. The average molecular weight is 492 g/mol. The van der Waals surface area contributed by atoms with Crippen molar-refractivity contribution < 1.29 is 9.53 Å². The molecule has 0 saturated carbocycles. The molecule has 1 unspecified atom stereocenters. The van der Waals surface area contributed by atoms with Crippen LogP contribution in [0, 0.1) is 0 Å². The molecule has 1 heterocycles. The number of likely N-dealkylation sites (tertiary alicyclic amines) is 1. The number of nitrogens with one attached hydrogen (secondary N) is 1. The maximum atomic E-state index is 11.7. The Hall–Kier alpha value is -1.16. The number of piperidine rings is 1. The van der Waals surface area contributed by atoms with Crippen LogP contribution in [0.1, 0.15) is 26.7 Å². The maximum absolute atomic E-state index is 11.7. The molecule has 0 aliphatic carbocycles. The normalized spacial score (nSPS) is 16.5. The van der Waals surface area contributed by atoms with E-state index in [-0.39, 0.29) is 36.1 Å². The minimum Gasteiger partial charge on any atom is -0.450 e. The number of amides is 1. The fraction of sp³-hybridized carbons (Fsp3) is 0.556. The van der Waals surface area contributed by atoms with Crippen LogP contribution < -0.4 is 11.1 Å². The van der Waals surface area contributed by atoms with Crippen molar-refractivity contribution >= 4 is 47.8 Å². The van der Waals surface area contributed by atoms with Crippen molar-refractivity contribution in [3.8, 4) is 0 Å². The third kappa shape index (κ3) is 8.03. The summed E-state index contributed by atoms with van der Waals surface area (Å²) in [6.07, 6.45) is 1.47. The molecule has 1 atom stereocenters. The Bertz CT molecular complexity index is 566. The first-order valence-electron chi connectivity index (χ1n) is 8.78. The Morgan fingerprint density at radius 2 is 2.04 bits per heavy atom. The molecule has 0 bridgehead atoms.